The van der Waals surface area contributed by atoms with E-state index in [-0.39, 0.29) is 6.10 Å². The average molecular weight is 268 g/mol. The van der Waals surface area contributed by atoms with Crippen LogP contribution in [0, 0.1) is 0 Å². The van der Waals surface area contributed by atoms with E-state index in [4.69, 9.17) is 14.2 Å². The highest BCUT2D eigenvalue weighted by Gasteiger charge is 2.43. The first kappa shape index (κ1) is 14.4. The van der Waals surface area contributed by atoms with Crippen LogP contribution in [-0.2, 0) is 20.8 Å². The molecule has 0 amide bonds. The Kier molecular flexibility index (Phi) is 4.90. The number of rotatable bonds is 4. The molecule has 1 aromatic carbocycles. The van der Waals surface area contributed by atoms with E-state index in [1.165, 1.54) is 7.11 Å². The minimum absolute atomic E-state index is 0.355. The van der Waals surface area contributed by atoms with Crippen molar-refractivity contribution in [2.45, 2.75) is 44.2 Å². The summed E-state index contributed by atoms with van der Waals surface area (Å²) in [4.78, 5) is 0. The molecule has 0 bridgehead atoms. The second-order valence-electron chi connectivity index (χ2n) is 4.68. The highest BCUT2D eigenvalue weighted by molar-refractivity contribution is 5.13. The van der Waals surface area contributed by atoms with Gasteiger partial charge in [-0.1, -0.05) is 30.3 Å². The number of hydrogen-bond donors (Lipinski definition) is 2. The Morgan fingerprint density at radius 1 is 1.16 bits per heavy atom. The molecule has 5 nitrogen and oxygen atoms in total. The summed E-state index contributed by atoms with van der Waals surface area (Å²) in [7, 11) is 1.48. The first-order valence-corrected chi connectivity index (χ1v) is 6.33. The second-order valence-corrected chi connectivity index (χ2v) is 4.68. The standard InChI is InChI=1S/C14H20O5/c1-9-12(13(17-2)11(15)14(16)19-9)18-8-10-6-4-3-5-7-10/h3-7,9,11-16H,8H2,1-2H3/t9-,11+,12-,13-,14?/m1/s1. The topological polar surface area (TPSA) is 68.2 Å². The van der Waals surface area contributed by atoms with Crippen LogP contribution in [0.15, 0.2) is 30.3 Å². The molecule has 1 aliphatic rings. The maximum atomic E-state index is 9.84. The summed E-state index contributed by atoms with van der Waals surface area (Å²) in [5.74, 6) is 0. The highest BCUT2D eigenvalue weighted by Crippen LogP contribution is 2.25. The summed E-state index contributed by atoms with van der Waals surface area (Å²) in [6.07, 6.45) is -3.74. The summed E-state index contributed by atoms with van der Waals surface area (Å²) < 4.78 is 16.2. The lowest BCUT2D eigenvalue weighted by molar-refractivity contribution is -0.291. The van der Waals surface area contributed by atoms with Gasteiger partial charge < -0.3 is 24.4 Å². The molecule has 0 spiro atoms. The van der Waals surface area contributed by atoms with Gasteiger partial charge in [0, 0.05) is 7.11 Å². The van der Waals surface area contributed by atoms with E-state index in [0.29, 0.717) is 6.61 Å². The molecular weight excluding hydrogens is 248 g/mol. The number of benzene rings is 1. The quantitative estimate of drug-likeness (QED) is 0.840. The van der Waals surface area contributed by atoms with Gasteiger partial charge >= 0.3 is 0 Å². The third-order valence-corrected chi connectivity index (χ3v) is 3.33. The molecule has 0 aliphatic carbocycles. The van der Waals surface area contributed by atoms with Crippen molar-refractivity contribution >= 4 is 0 Å². The largest absolute Gasteiger partial charge is 0.385 e. The molecule has 1 saturated heterocycles. The molecule has 2 N–H and O–H groups in total. The molecule has 1 heterocycles. The third-order valence-electron chi connectivity index (χ3n) is 3.33. The van der Waals surface area contributed by atoms with E-state index >= 15 is 0 Å². The normalized spacial score (nSPS) is 35.3. The minimum atomic E-state index is -1.24. The van der Waals surface area contributed by atoms with Gasteiger partial charge in [-0.3, -0.25) is 0 Å². The van der Waals surface area contributed by atoms with Gasteiger partial charge in [0.15, 0.2) is 6.29 Å². The van der Waals surface area contributed by atoms with Gasteiger partial charge in [0.2, 0.25) is 0 Å². The zero-order chi connectivity index (χ0) is 13.8. The molecule has 1 aromatic rings. The minimum Gasteiger partial charge on any atom is -0.385 e. The lowest BCUT2D eigenvalue weighted by atomic mass is 9.99. The number of aliphatic hydroxyl groups excluding tert-OH is 2. The van der Waals surface area contributed by atoms with Crippen LogP contribution in [0.1, 0.15) is 12.5 Å². The van der Waals surface area contributed by atoms with Gasteiger partial charge in [-0.2, -0.15) is 0 Å². The fourth-order valence-corrected chi connectivity index (χ4v) is 2.27. The predicted molar refractivity (Wildman–Crippen MR) is 68.4 cm³/mol. The van der Waals surface area contributed by atoms with E-state index in [2.05, 4.69) is 0 Å². The Balaban J connectivity index is 2.00. The van der Waals surface area contributed by atoms with E-state index in [0.717, 1.165) is 5.56 Å². The molecule has 1 unspecified atom stereocenters. The Bertz CT molecular complexity index is 383. The number of methoxy groups -OCH3 is 1. The monoisotopic (exact) mass is 268 g/mol. The highest BCUT2D eigenvalue weighted by atomic mass is 16.7. The smallest absolute Gasteiger partial charge is 0.183 e. The first-order chi connectivity index (χ1) is 9.13. The van der Waals surface area contributed by atoms with Crippen LogP contribution in [0.2, 0.25) is 0 Å². The zero-order valence-corrected chi connectivity index (χ0v) is 11.1. The number of aliphatic hydroxyl groups is 2. The molecule has 1 fully saturated rings. The Hall–Kier alpha value is -0.980. The predicted octanol–water partition coefficient (Wildman–Crippen LogP) is 0.685. The summed E-state index contributed by atoms with van der Waals surface area (Å²) in [5.41, 5.74) is 1.03. The molecule has 0 saturated carbocycles. The van der Waals surface area contributed by atoms with Crippen LogP contribution >= 0.6 is 0 Å². The van der Waals surface area contributed by atoms with Crippen LogP contribution in [-0.4, -0.2) is 48.0 Å². The van der Waals surface area contributed by atoms with Gasteiger partial charge in [0.1, 0.15) is 18.3 Å². The van der Waals surface area contributed by atoms with E-state index in [9.17, 15) is 10.2 Å². The average Bonchev–Trinajstić information content (AvgIpc) is 2.42. The van der Waals surface area contributed by atoms with Crippen molar-refractivity contribution in [1.29, 1.82) is 0 Å². The van der Waals surface area contributed by atoms with Crippen LogP contribution < -0.4 is 0 Å². The summed E-state index contributed by atoms with van der Waals surface area (Å²) >= 11 is 0. The lowest BCUT2D eigenvalue weighted by Crippen LogP contribution is -2.58. The zero-order valence-electron chi connectivity index (χ0n) is 11.1. The number of hydrogen-bond acceptors (Lipinski definition) is 5. The van der Waals surface area contributed by atoms with Gasteiger partial charge in [0.25, 0.3) is 0 Å². The van der Waals surface area contributed by atoms with Crippen molar-refractivity contribution in [1.82, 2.24) is 0 Å². The Labute approximate surface area is 112 Å². The third kappa shape index (κ3) is 3.32. The fourth-order valence-electron chi connectivity index (χ4n) is 2.27. The van der Waals surface area contributed by atoms with Crippen molar-refractivity contribution < 1.29 is 24.4 Å². The van der Waals surface area contributed by atoms with Crippen LogP contribution in [0.3, 0.4) is 0 Å². The van der Waals surface area contributed by atoms with Crippen LogP contribution in [0.4, 0.5) is 0 Å². The van der Waals surface area contributed by atoms with Crippen molar-refractivity contribution in [2.75, 3.05) is 7.11 Å². The second kappa shape index (κ2) is 6.45. The fraction of sp³-hybridized carbons (Fsp3) is 0.571. The molecule has 0 radical (unpaired) electrons. The molecular formula is C14H20O5. The maximum Gasteiger partial charge on any atom is 0.183 e. The van der Waals surface area contributed by atoms with Crippen molar-refractivity contribution in [3.63, 3.8) is 0 Å². The first-order valence-electron chi connectivity index (χ1n) is 6.33. The number of ether oxygens (including phenoxy) is 3. The maximum absolute atomic E-state index is 9.84. The summed E-state index contributed by atoms with van der Waals surface area (Å²) in [6.45, 7) is 2.19. The van der Waals surface area contributed by atoms with Gasteiger partial charge in [-0.25, -0.2) is 0 Å². The van der Waals surface area contributed by atoms with E-state index in [1.807, 2.05) is 30.3 Å². The van der Waals surface area contributed by atoms with Crippen molar-refractivity contribution in [3.8, 4) is 0 Å². The van der Waals surface area contributed by atoms with Crippen molar-refractivity contribution in [2.24, 2.45) is 0 Å². The molecule has 19 heavy (non-hydrogen) atoms. The Morgan fingerprint density at radius 2 is 1.84 bits per heavy atom. The van der Waals surface area contributed by atoms with Crippen LogP contribution in [0.5, 0.6) is 0 Å². The molecule has 0 aromatic heterocycles. The SMILES string of the molecule is CO[C@H]1[C@H](OCc2ccccc2)[C@@H](C)OC(O)[C@H]1O. The molecule has 106 valence electrons. The summed E-state index contributed by atoms with van der Waals surface area (Å²) in [6, 6.07) is 9.73. The van der Waals surface area contributed by atoms with Gasteiger partial charge in [-0.15, -0.1) is 0 Å². The van der Waals surface area contributed by atoms with E-state index in [1.54, 1.807) is 6.92 Å². The molecule has 5 heteroatoms. The Morgan fingerprint density at radius 3 is 2.47 bits per heavy atom. The summed E-state index contributed by atoms with van der Waals surface area (Å²) in [5, 5.41) is 19.4. The van der Waals surface area contributed by atoms with Gasteiger partial charge in [-0.05, 0) is 12.5 Å². The lowest BCUT2D eigenvalue weighted by Gasteiger charge is -2.41. The molecule has 2 rings (SSSR count). The van der Waals surface area contributed by atoms with Crippen LogP contribution in [0.25, 0.3) is 0 Å². The molecule has 1 aliphatic heterocycles. The molecule has 5 atom stereocenters. The van der Waals surface area contributed by atoms with Crippen molar-refractivity contribution in [3.05, 3.63) is 35.9 Å². The van der Waals surface area contributed by atoms with E-state index < -0.39 is 24.6 Å². The van der Waals surface area contributed by atoms with Gasteiger partial charge in [0.05, 0.1) is 12.7 Å².